The molecular weight excluding hydrogens is 502 g/mol. The van der Waals surface area contributed by atoms with Crippen LogP contribution in [0.5, 0.6) is 0 Å². The molecule has 6 atom stereocenters. The number of nitrogens with zero attached hydrogens (tertiary/aromatic N) is 2. The molecule has 2 heterocycles. The van der Waals surface area contributed by atoms with Gasteiger partial charge < -0.3 is 25.8 Å². The normalized spacial score (nSPS) is 28.8. The zero-order valence-corrected chi connectivity index (χ0v) is 22.1. The van der Waals surface area contributed by atoms with Crippen molar-refractivity contribution in [2.24, 2.45) is 17.6 Å². The molecule has 1 saturated heterocycles. The number of nitrogens with two attached hydrogens (primary N) is 1. The van der Waals surface area contributed by atoms with Crippen LogP contribution in [0.2, 0.25) is 0 Å². The number of likely N-dealkylation sites (tertiary alicyclic amines) is 1. The maximum Gasteiger partial charge on any atom is 0.333 e. The third kappa shape index (κ3) is 5.83. The fourth-order valence-electron chi connectivity index (χ4n) is 6.80. The van der Waals surface area contributed by atoms with Crippen LogP contribution >= 0.6 is 0 Å². The number of fused-ring (bicyclic) bond motifs is 2. The quantitative estimate of drug-likeness (QED) is 0.395. The number of rotatable bonds is 8. The van der Waals surface area contributed by atoms with Crippen molar-refractivity contribution in [3.05, 3.63) is 65.5 Å². The number of hydrogen-bond donors (Lipinski definition) is 4. The topological polar surface area (TPSA) is 163 Å². The molecule has 5 rings (SSSR count). The standard InChI is InChI=1S/C25H31N3O2.C4H6O5/c1-30-25(21-11-6-14-27-23(21)24(26)29)18-9-5-10-19(25)16-28(15-18)22-13-12-20(22)17-7-3-2-4-8-17;5-2(4(8)9)1-3(6)7/h2-4,6-8,11,14,18-20,22H,5,9-10,12-13,15-16H2,1H3,(H2,26,29);2,5H,1H2,(H,6,7)(H,8,9)/t18-,19+,20-,22-,25?;/m0./s1. The predicted octanol–water partition coefficient (Wildman–Crippen LogP) is 2.61. The van der Waals surface area contributed by atoms with E-state index >= 15 is 0 Å². The maximum absolute atomic E-state index is 12.2. The van der Waals surface area contributed by atoms with Crippen LogP contribution in [0.3, 0.4) is 0 Å². The van der Waals surface area contributed by atoms with Gasteiger partial charge in [0.2, 0.25) is 0 Å². The van der Waals surface area contributed by atoms with Crippen LogP contribution in [0.4, 0.5) is 0 Å². The van der Waals surface area contributed by atoms with Gasteiger partial charge in [-0.25, -0.2) is 4.79 Å². The average molecular weight is 540 g/mol. The highest BCUT2D eigenvalue weighted by Gasteiger charge is 2.56. The lowest BCUT2D eigenvalue weighted by molar-refractivity contribution is -0.179. The Morgan fingerprint density at radius 3 is 2.21 bits per heavy atom. The molecule has 3 fully saturated rings. The second-order valence-corrected chi connectivity index (χ2v) is 10.7. The van der Waals surface area contributed by atoms with E-state index in [1.807, 2.05) is 12.1 Å². The second-order valence-electron chi connectivity index (χ2n) is 10.7. The average Bonchev–Trinajstić information content (AvgIpc) is 2.88. The third-order valence-corrected chi connectivity index (χ3v) is 8.62. The van der Waals surface area contributed by atoms with Crippen LogP contribution in [0.25, 0.3) is 0 Å². The first-order valence-electron chi connectivity index (χ1n) is 13.4. The van der Waals surface area contributed by atoms with E-state index in [9.17, 15) is 14.4 Å². The van der Waals surface area contributed by atoms with Gasteiger partial charge in [-0.1, -0.05) is 42.8 Å². The Balaban J connectivity index is 0.000000340. The molecule has 210 valence electrons. The Morgan fingerprint density at radius 1 is 1.05 bits per heavy atom. The number of aromatic nitrogens is 1. The molecule has 2 unspecified atom stereocenters. The number of carboxylic acid groups (broad SMARTS) is 2. The summed E-state index contributed by atoms with van der Waals surface area (Å²) in [5, 5.41) is 24.1. The molecule has 0 radical (unpaired) electrons. The molecule has 39 heavy (non-hydrogen) atoms. The van der Waals surface area contributed by atoms with Gasteiger partial charge >= 0.3 is 11.9 Å². The summed E-state index contributed by atoms with van der Waals surface area (Å²) in [6.45, 7) is 2.01. The molecule has 1 aliphatic heterocycles. The number of carbonyl (C=O) groups is 3. The first kappa shape index (κ1) is 28.7. The van der Waals surface area contributed by atoms with Crippen LogP contribution < -0.4 is 5.73 Å². The summed E-state index contributed by atoms with van der Waals surface area (Å²) >= 11 is 0. The van der Waals surface area contributed by atoms with Crippen molar-refractivity contribution in [1.82, 2.24) is 9.88 Å². The third-order valence-electron chi connectivity index (χ3n) is 8.62. The lowest BCUT2D eigenvalue weighted by Crippen LogP contribution is -2.63. The summed E-state index contributed by atoms with van der Waals surface area (Å²) < 4.78 is 6.34. The predicted molar refractivity (Wildman–Crippen MR) is 142 cm³/mol. The number of carboxylic acids is 2. The molecule has 10 heteroatoms. The zero-order valence-electron chi connectivity index (χ0n) is 22.1. The zero-order chi connectivity index (χ0) is 28.2. The van der Waals surface area contributed by atoms with Crippen molar-refractivity contribution in [1.29, 1.82) is 0 Å². The molecule has 2 aliphatic carbocycles. The Labute approximate surface area is 227 Å². The van der Waals surface area contributed by atoms with Crippen LogP contribution in [0, 0.1) is 11.8 Å². The number of benzene rings is 1. The Hall–Kier alpha value is -3.34. The maximum atomic E-state index is 12.2. The van der Waals surface area contributed by atoms with Gasteiger partial charge in [0.1, 0.15) is 11.3 Å². The highest BCUT2D eigenvalue weighted by Crippen LogP contribution is 2.54. The lowest BCUT2D eigenvalue weighted by Gasteiger charge is -2.59. The summed E-state index contributed by atoms with van der Waals surface area (Å²) in [6.07, 6.45) is 5.07. The smallest absolute Gasteiger partial charge is 0.333 e. The summed E-state index contributed by atoms with van der Waals surface area (Å²) in [5.41, 5.74) is 7.96. The van der Waals surface area contributed by atoms with E-state index in [0.29, 0.717) is 29.5 Å². The summed E-state index contributed by atoms with van der Waals surface area (Å²) in [5.74, 6) is -2.00. The van der Waals surface area contributed by atoms with Crippen LogP contribution in [-0.4, -0.2) is 75.4 Å². The molecule has 1 aromatic heterocycles. The minimum atomic E-state index is -1.79. The van der Waals surface area contributed by atoms with E-state index in [2.05, 4.69) is 40.2 Å². The van der Waals surface area contributed by atoms with Crippen molar-refractivity contribution >= 4 is 17.8 Å². The molecule has 2 aromatic rings. The van der Waals surface area contributed by atoms with Gasteiger partial charge in [0.15, 0.2) is 6.10 Å². The number of ether oxygens (including phenoxy) is 1. The number of hydrogen-bond acceptors (Lipinski definition) is 7. The minimum absolute atomic E-state index is 0.342. The van der Waals surface area contributed by atoms with Gasteiger partial charge in [-0.15, -0.1) is 0 Å². The van der Waals surface area contributed by atoms with Gasteiger partial charge in [0, 0.05) is 49.8 Å². The van der Waals surface area contributed by atoms with Crippen LogP contribution in [-0.2, 0) is 19.9 Å². The fourth-order valence-corrected chi connectivity index (χ4v) is 6.80. The van der Waals surface area contributed by atoms with Crippen LogP contribution in [0.15, 0.2) is 48.7 Å². The van der Waals surface area contributed by atoms with Crippen LogP contribution in [0.1, 0.15) is 66.1 Å². The lowest BCUT2D eigenvalue weighted by atomic mass is 9.61. The van der Waals surface area contributed by atoms with Gasteiger partial charge in [-0.05, 0) is 43.2 Å². The first-order valence-corrected chi connectivity index (χ1v) is 13.4. The second kappa shape index (κ2) is 12.2. The number of piperidine rings is 1. The van der Waals surface area contributed by atoms with Gasteiger partial charge in [-0.3, -0.25) is 19.5 Å². The number of pyridine rings is 1. The van der Waals surface area contributed by atoms with Crippen molar-refractivity contribution in [2.75, 3.05) is 20.2 Å². The van der Waals surface area contributed by atoms with E-state index in [1.54, 1.807) is 13.3 Å². The number of primary amides is 1. The Kier molecular flexibility index (Phi) is 8.99. The van der Waals surface area contributed by atoms with E-state index in [4.69, 9.17) is 25.8 Å². The molecule has 1 amide bonds. The summed E-state index contributed by atoms with van der Waals surface area (Å²) in [7, 11) is 1.80. The van der Waals surface area contributed by atoms with E-state index in [-0.39, 0.29) is 0 Å². The Morgan fingerprint density at radius 2 is 1.72 bits per heavy atom. The molecule has 0 spiro atoms. The molecular formula is C29H37N3O7. The Bertz CT molecular complexity index is 1160. The van der Waals surface area contributed by atoms with E-state index in [0.717, 1.165) is 31.5 Å². The SMILES string of the molecule is COC1(c2cccnc2C(N)=O)[C@@H]2CCC[C@H]1CN([C@H]1CC[C@H]1c1ccccc1)C2.O=C(O)CC(O)C(=O)O. The number of carbonyl (C=O) groups excluding carboxylic acids is 1. The number of amides is 1. The molecule has 3 aliphatic rings. The number of aliphatic hydroxyl groups excluding tert-OH is 1. The van der Waals surface area contributed by atoms with Gasteiger partial charge in [0.05, 0.1) is 6.42 Å². The number of aliphatic carboxylic acids is 2. The van der Waals surface area contributed by atoms with E-state index < -0.39 is 36.0 Å². The highest BCUT2D eigenvalue weighted by atomic mass is 16.5. The number of aliphatic hydroxyl groups is 1. The monoisotopic (exact) mass is 539 g/mol. The first-order chi connectivity index (χ1) is 18.7. The number of methoxy groups -OCH3 is 1. The van der Waals surface area contributed by atoms with Gasteiger partial charge in [0.25, 0.3) is 5.91 Å². The van der Waals surface area contributed by atoms with Crippen molar-refractivity contribution < 1.29 is 34.4 Å². The molecule has 1 aromatic carbocycles. The fraction of sp³-hybridized carbons (Fsp3) is 0.517. The highest BCUT2D eigenvalue weighted by molar-refractivity contribution is 5.92. The summed E-state index contributed by atoms with van der Waals surface area (Å²) in [6, 6.07) is 15.5. The molecule has 2 bridgehead atoms. The van der Waals surface area contributed by atoms with Gasteiger partial charge in [-0.2, -0.15) is 0 Å². The van der Waals surface area contributed by atoms with Crippen molar-refractivity contribution in [2.45, 2.75) is 62.2 Å². The van der Waals surface area contributed by atoms with Crippen molar-refractivity contribution in [3.8, 4) is 0 Å². The van der Waals surface area contributed by atoms with E-state index in [1.165, 1.54) is 24.8 Å². The molecule has 5 N–H and O–H groups in total. The largest absolute Gasteiger partial charge is 0.481 e. The summed E-state index contributed by atoms with van der Waals surface area (Å²) in [4.78, 5) is 38.6. The molecule has 10 nitrogen and oxygen atoms in total. The minimum Gasteiger partial charge on any atom is -0.481 e. The molecule has 2 saturated carbocycles. The van der Waals surface area contributed by atoms with Crippen molar-refractivity contribution in [3.63, 3.8) is 0 Å².